The average molecular weight is 450 g/mol. The van der Waals surface area contributed by atoms with Crippen LogP contribution in [0, 0.1) is 0 Å². The van der Waals surface area contributed by atoms with Gasteiger partial charge in [0, 0.05) is 30.2 Å². The van der Waals surface area contributed by atoms with Gasteiger partial charge < -0.3 is 24.6 Å². The van der Waals surface area contributed by atoms with Gasteiger partial charge in [-0.2, -0.15) is 0 Å². The van der Waals surface area contributed by atoms with E-state index in [0.717, 1.165) is 66.6 Å². The van der Waals surface area contributed by atoms with Crippen molar-refractivity contribution in [2.24, 2.45) is 0 Å². The lowest BCUT2D eigenvalue weighted by atomic mass is 9.78. The third kappa shape index (κ3) is 5.04. The van der Waals surface area contributed by atoms with Crippen LogP contribution < -0.4 is 19.5 Å². The summed E-state index contributed by atoms with van der Waals surface area (Å²) in [5.74, 6) is 2.31. The van der Waals surface area contributed by atoms with Crippen molar-refractivity contribution < 1.29 is 19.3 Å². The van der Waals surface area contributed by atoms with Crippen molar-refractivity contribution >= 4 is 10.9 Å². The molecule has 1 saturated carbocycles. The normalized spacial score (nSPS) is 22.3. The number of nitrogens with zero attached hydrogens (tertiary/aromatic N) is 2. The van der Waals surface area contributed by atoms with E-state index in [4.69, 9.17) is 14.2 Å². The highest BCUT2D eigenvalue weighted by atomic mass is 16.6. The van der Waals surface area contributed by atoms with E-state index in [9.17, 15) is 5.11 Å². The highest BCUT2D eigenvalue weighted by molar-refractivity contribution is 5.83. The molecule has 3 heterocycles. The lowest BCUT2D eigenvalue weighted by molar-refractivity contribution is -0.0108. The van der Waals surface area contributed by atoms with Gasteiger partial charge in [0.25, 0.3) is 0 Å². The third-order valence-electron chi connectivity index (χ3n) is 6.87. The molecule has 1 aliphatic heterocycles. The number of nitrogens with one attached hydrogen (secondary N) is 1. The summed E-state index contributed by atoms with van der Waals surface area (Å²) in [5, 5.41) is 15.9. The molecule has 5 rings (SSSR count). The van der Waals surface area contributed by atoms with Crippen LogP contribution in [0.2, 0.25) is 0 Å². The number of benzene rings is 1. The Hall–Kier alpha value is -2.90. The number of aryl methyl sites for hydroxylation is 1. The zero-order valence-electron chi connectivity index (χ0n) is 19.0. The molecule has 0 atom stereocenters. The third-order valence-corrected chi connectivity index (χ3v) is 6.87. The van der Waals surface area contributed by atoms with Gasteiger partial charge in [-0.25, -0.2) is 0 Å². The fourth-order valence-electron chi connectivity index (χ4n) is 4.84. The molecule has 7 heteroatoms. The maximum Gasteiger partial charge on any atom is 0.179 e. The van der Waals surface area contributed by atoms with E-state index in [0.29, 0.717) is 31.5 Å². The number of rotatable bonds is 7. The van der Waals surface area contributed by atoms with Gasteiger partial charge in [-0.05, 0) is 68.4 Å². The van der Waals surface area contributed by atoms with E-state index in [-0.39, 0.29) is 0 Å². The van der Waals surface area contributed by atoms with Gasteiger partial charge in [-0.15, -0.1) is 0 Å². The molecular weight excluding hydrogens is 418 g/mol. The molecule has 2 aliphatic rings. The second-order valence-electron chi connectivity index (χ2n) is 9.05. The van der Waals surface area contributed by atoms with E-state index in [1.165, 1.54) is 5.56 Å². The molecule has 2 aromatic heterocycles. The van der Waals surface area contributed by atoms with Crippen molar-refractivity contribution in [1.82, 2.24) is 15.3 Å². The molecule has 0 bridgehead atoms. The number of pyridine rings is 2. The molecule has 0 spiro atoms. The van der Waals surface area contributed by atoms with E-state index in [1.807, 2.05) is 30.5 Å². The minimum Gasteiger partial charge on any atom is -0.497 e. The second-order valence-corrected chi connectivity index (χ2v) is 9.05. The Morgan fingerprint density at radius 2 is 1.91 bits per heavy atom. The van der Waals surface area contributed by atoms with Crippen LogP contribution in [-0.4, -0.2) is 47.0 Å². The highest BCUT2D eigenvalue weighted by Gasteiger charge is 2.32. The Morgan fingerprint density at radius 1 is 1.09 bits per heavy atom. The van der Waals surface area contributed by atoms with Crippen molar-refractivity contribution in [3.8, 4) is 17.2 Å². The molecule has 1 fully saturated rings. The Morgan fingerprint density at radius 3 is 2.73 bits per heavy atom. The maximum absolute atomic E-state index is 11.2. The summed E-state index contributed by atoms with van der Waals surface area (Å²) in [6, 6.07) is 10.3. The van der Waals surface area contributed by atoms with Crippen LogP contribution >= 0.6 is 0 Å². The zero-order chi connectivity index (χ0) is 22.7. The molecule has 33 heavy (non-hydrogen) atoms. The van der Waals surface area contributed by atoms with Gasteiger partial charge in [0.15, 0.2) is 11.5 Å². The molecule has 0 radical (unpaired) electrons. The van der Waals surface area contributed by atoms with E-state index >= 15 is 0 Å². The summed E-state index contributed by atoms with van der Waals surface area (Å²) in [7, 11) is 1.68. The van der Waals surface area contributed by atoms with Gasteiger partial charge in [-0.1, -0.05) is 0 Å². The monoisotopic (exact) mass is 449 g/mol. The van der Waals surface area contributed by atoms with Gasteiger partial charge in [-0.3, -0.25) is 9.97 Å². The first kappa shape index (κ1) is 21.9. The number of ether oxygens (including phenoxy) is 3. The number of hydrogen-bond acceptors (Lipinski definition) is 7. The van der Waals surface area contributed by atoms with Crippen molar-refractivity contribution in [2.75, 3.05) is 20.3 Å². The maximum atomic E-state index is 11.2. The lowest BCUT2D eigenvalue weighted by Crippen LogP contribution is -2.41. The van der Waals surface area contributed by atoms with Crippen LogP contribution in [0.5, 0.6) is 17.2 Å². The predicted molar refractivity (Wildman–Crippen MR) is 126 cm³/mol. The molecule has 1 aromatic carbocycles. The minimum absolute atomic E-state index is 0.381. The first-order valence-electron chi connectivity index (χ1n) is 11.7. The van der Waals surface area contributed by atoms with E-state index < -0.39 is 5.60 Å². The Balaban J connectivity index is 1.14. The van der Waals surface area contributed by atoms with E-state index in [2.05, 4.69) is 21.4 Å². The molecule has 174 valence electrons. The number of aromatic nitrogens is 2. The number of fused-ring (bicyclic) bond motifs is 2. The average Bonchev–Trinajstić information content (AvgIpc) is 2.87. The molecule has 3 aromatic rings. The van der Waals surface area contributed by atoms with Gasteiger partial charge in [0.05, 0.1) is 30.1 Å². The summed E-state index contributed by atoms with van der Waals surface area (Å²) in [5.41, 5.74) is 2.49. The van der Waals surface area contributed by atoms with Crippen LogP contribution in [0.1, 0.15) is 43.4 Å². The first-order chi connectivity index (χ1) is 16.1. The summed E-state index contributed by atoms with van der Waals surface area (Å²) >= 11 is 0. The predicted octanol–water partition coefficient (Wildman–Crippen LogP) is 3.81. The van der Waals surface area contributed by atoms with Crippen LogP contribution in [0.15, 0.2) is 42.7 Å². The second kappa shape index (κ2) is 9.53. The molecule has 0 saturated heterocycles. The van der Waals surface area contributed by atoms with Crippen molar-refractivity contribution in [3.63, 3.8) is 0 Å². The fourth-order valence-corrected chi connectivity index (χ4v) is 4.84. The van der Waals surface area contributed by atoms with Crippen LogP contribution in [0.3, 0.4) is 0 Å². The Bertz CT molecular complexity index is 1110. The van der Waals surface area contributed by atoms with Crippen molar-refractivity contribution in [1.29, 1.82) is 0 Å². The van der Waals surface area contributed by atoms with Crippen molar-refractivity contribution in [2.45, 2.75) is 56.7 Å². The van der Waals surface area contributed by atoms with Gasteiger partial charge in [0.1, 0.15) is 19.0 Å². The summed E-state index contributed by atoms with van der Waals surface area (Å²) in [4.78, 5) is 8.94. The quantitative estimate of drug-likeness (QED) is 0.567. The Labute approximate surface area is 194 Å². The lowest BCUT2D eigenvalue weighted by Gasteiger charge is -2.36. The zero-order valence-corrected chi connectivity index (χ0v) is 19.0. The van der Waals surface area contributed by atoms with Crippen LogP contribution in [-0.2, 0) is 13.0 Å². The summed E-state index contributed by atoms with van der Waals surface area (Å²) in [6.45, 7) is 1.83. The van der Waals surface area contributed by atoms with Gasteiger partial charge >= 0.3 is 0 Å². The fraction of sp³-hybridized carbons (Fsp3) is 0.462. The minimum atomic E-state index is -0.623. The number of methoxy groups -OCH3 is 1. The molecule has 2 N–H and O–H groups in total. The smallest absolute Gasteiger partial charge is 0.179 e. The van der Waals surface area contributed by atoms with Crippen LogP contribution in [0.4, 0.5) is 0 Å². The van der Waals surface area contributed by atoms with Crippen LogP contribution in [0.25, 0.3) is 10.9 Å². The SMILES string of the molecule is COc1ccc2nccc(CCC3(O)CCC(NCc4cc5c(cn4)OCCO5)CC3)c2c1. The molecular formula is C26H31N3O4. The topological polar surface area (TPSA) is 85.7 Å². The molecule has 7 nitrogen and oxygen atoms in total. The summed E-state index contributed by atoms with van der Waals surface area (Å²) in [6.07, 6.45) is 8.65. The number of aliphatic hydroxyl groups is 1. The number of hydrogen-bond donors (Lipinski definition) is 2. The summed E-state index contributed by atoms with van der Waals surface area (Å²) < 4.78 is 16.6. The van der Waals surface area contributed by atoms with Gasteiger partial charge in [0.2, 0.25) is 0 Å². The molecule has 0 unspecified atom stereocenters. The molecule has 1 aliphatic carbocycles. The van der Waals surface area contributed by atoms with E-state index in [1.54, 1.807) is 13.3 Å². The standard InChI is InChI=1S/C26H31N3O4/c1-31-21-2-3-23-22(15-21)18(7-11-27-23)4-8-26(30)9-5-19(6-10-26)28-16-20-14-24-25(17-29-20)33-13-12-32-24/h2-3,7,11,14-15,17,19,28,30H,4-6,8-10,12-13,16H2,1H3. The van der Waals surface area contributed by atoms with Crippen molar-refractivity contribution in [3.05, 3.63) is 54.0 Å². The first-order valence-corrected chi connectivity index (χ1v) is 11.7. The highest BCUT2D eigenvalue weighted by Crippen LogP contribution is 2.34. The largest absolute Gasteiger partial charge is 0.497 e. The molecule has 0 amide bonds. The Kier molecular flexibility index (Phi) is 6.33.